The van der Waals surface area contributed by atoms with Crippen LogP contribution in [0, 0.1) is 19.8 Å². The van der Waals surface area contributed by atoms with Crippen molar-refractivity contribution in [3.8, 4) is 11.4 Å². The second kappa shape index (κ2) is 8.63. The molecule has 12 heteroatoms. The topological polar surface area (TPSA) is 138 Å². The molecule has 0 bridgehead atoms. The van der Waals surface area contributed by atoms with Gasteiger partial charge in [-0.15, -0.1) is 0 Å². The van der Waals surface area contributed by atoms with E-state index in [4.69, 9.17) is 0 Å². The number of anilines is 4. The van der Waals surface area contributed by atoms with Crippen molar-refractivity contribution < 1.29 is 13.2 Å². The van der Waals surface area contributed by atoms with Crippen LogP contribution in [-0.4, -0.2) is 52.1 Å². The van der Waals surface area contributed by atoms with Gasteiger partial charge in [-0.3, -0.25) is 9.10 Å². The van der Waals surface area contributed by atoms with E-state index in [-0.39, 0.29) is 11.8 Å². The predicted molar refractivity (Wildman–Crippen MR) is 140 cm³/mol. The Labute approximate surface area is 209 Å². The summed E-state index contributed by atoms with van der Waals surface area (Å²) in [6.45, 7) is 3.73. The largest absolute Gasteiger partial charge is 0.352 e. The number of aromatic nitrogens is 5. The van der Waals surface area contributed by atoms with E-state index in [0.29, 0.717) is 39.9 Å². The third-order valence-corrected chi connectivity index (χ3v) is 7.33. The molecule has 188 valence electrons. The molecule has 0 saturated heterocycles. The van der Waals surface area contributed by atoms with Crippen LogP contribution in [0.1, 0.15) is 24.4 Å². The first kappa shape index (κ1) is 23.8. The lowest BCUT2D eigenvalue weighted by Gasteiger charge is -2.22. The first-order valence-corrected chi connectivity index (χ1v) is 13.4. The highest BCUT2D eigenvalue weighted by atomic mass is 32.2. The van der Waals surface area contributed by atoms with E-state index in [9.17, 15) is 13.2 Å². The van der Waals surface area contributed by atoms with Gasteiger partial charge in [0.05, 0.1) is 29.0 Å². The van der Waals surface area contributed by atoms with E-state index >= 15 is 0 Å². The van der Waals surface area contributed by atoms with Crippen LogP contribution in [0.25, 0.3) is 22.6 Å². The number of aromatic amines is 1. The highest BCUT2D eigenvalue weighted by Gasteiger charge is 2.30. The molecule has 4 aromatic rings. The van der Waals surface area contributed by atoms with Crippen LogP contribution in [0.15, 0.2) is 30.5 Å². The van der Waals surface area contributed by atoms with Gasteiger partial charge >= 0.3 is 0 Å². The number of carbonyl (C=O) groups is 1. The number of hydrogen-bond donors (Lipinski definition) is 3. The molecule has 36 heavy (non-hydrogen) atoms. The lowest BCUT2D eigenvalue weighted by atomic mass is 10.1. The average Bonchev–Trinajstić information content (AvgIpc) is 3.50. The average molecular weight is 509 g/mol. The zero-order valence-electron chi connectivity index (χ0n) is 20.7. The fourth-order valence-corrected chi connectivity index (χ4v) is 4.59. The molecule has 1 aliphatic carbocycles. The molecule has 0 atom stereocenters. The highest BCUT2D eigenvalue weighted by molar-refractivity contribution is 7.92. The van der Waals surface area contributed by atoms with Gasteiger partial charge in [-0.2, -0.15) is 0 Å². The number of nitrogens with zero attached hydrogens (tertiary/aromatic N) is 5. The van der Waals surface area contributed by atoms with Gasteiger partial charge in [0.25, 0.3) is 0 Å². The molecule has 1 amide bonds. The van der Waals surface area contributed by atoms with Gasteiger partial charge in [-0.1, -0.05) is 0 Å². The molecule has 5 rings (SSSR count). The third-order valence-electron chi connectivity index (χ3n) is 6.14. The van der Waals surface area contributed by atoms with Crippen LogP contribution in [-0.2, 0) is 21.9 Å². The molecular formula is C24H28N8O3S. The Morgan fingerprint density at radius 1 is 1.14 bits per heavy atom. The van der Waals surface area contributed by atoms with Crippen molar-refractivity contribution in [2.24, 2.45) is 13.0 Å². The lowest BCUT2D eigenvalue weighted by molar-refractivity contribution is -0.117. The third kappa shape index (κ3) is 4.63. The summed E-state index contributed by atoms with van der Waals surface area (Å²) in [5.41, 5.74) is 4.33. The molecular weight excluding hydrogens is 480 g/mol. The van der Waals surface area contributed by atoms with Crippen molar-refractivity contribution in [2.75, 3.05) is 28.2 Å². The van der Waals surface area contributed by atoms with Crippen LogP contribution >= 0.6 is 0 Å². The Kier molecular flexibility index (Phi) is 5.70. The molecule has 1 fully saturated rings. The molecule has 1 aromatic carbocycles. The van der Waals surface area contributed by atoms with E-state index in [1.807, 2.05) is 43.8 Å². The number of pyridine rings is 1. The van der Waals surface area contributed by atoms with Crippen LogP contribution in [0.4, 0.5) is 22.9 Å². The summed E-state index contributed by atoms with van der Waals surface area (Å²) in [5.74, 6) is 1.74. The Morgan fingerprint density at radius 2 is 1.89 bits per heavy atom. The molecule has 3 heterocycles. The number of aryl methyl sites for hydroxylation is 3. The van der Waals surface area contributed by atoms with E-state index in [0.717, 1.165) is 36.2 Å². The summed E-state index contributed by atoms with van der Waals surface area (Å²) < 4.78 is 28.2. The second-order valence-electron chi connectivity index (χ2n) is 9.24. The van der Waals surface area contributed by atoms with Gasteiger partial charge in [-0.25, -0.2) is 23.4 Å². The van der Waals surface area contributed by atoms with E-state index in [1.54, 1.807) is 12.1 Å². The van der Waals surface area contributed by atoms with Crippen LogP contribution < -0.4 is 14.9 Å². The van der Waals surface area contributed by atoms with Gasteiger partial charge in [0, 0.05) is 37.8 Å². The summed E-state index contributed by atoms with van der Waals surface area (Å²) in [4.78, 5) is 29.0. The van der Waals surface area contributed by atoms with E-state index in [1.165, 1.54) is 11.4 Å². The Balaban J connectivity index is 1.60. The summed E-state index contributed by atoms with van der Waals surface area (Å²) in [7, 11) is -0.160. The highest BCUT2D eigenvalue weighted by Crippen LogP contribution is 2.36. The molecule has 1 aliphatic rings. The van der Waals surface area contributed by atoms with E-state index < -0.39 is 10.0 Å². The fourth-order valence-electron chi connectivity index (χ4n) is 4.08. The minimum Gasteiger partial charge on any atom is -0.352 e. The van der Waals surface area contributed by atoms with Gasteiger partial charge < -0.3 is 20.2 Å². The normalized spacial score (nSPS) is 13.7. The molecule has 3 N–H and O–H groups in total. The molecule has 0 unspecified atom stereocenters. The van der Waals surface area contributed by atoms with Gasteiger partial charge in [-0.05, 0) is 44.9 Å². The zero-order valence-corrected chi connectivity index (χ0v) is 21.6. The maximum absolute atomic E-state index is 12.5. The summed E-state index contributed by atoms with van der Waals surface area (Å²) >= 11 is 0. The number of nitrogens with one attached hydrogen (secondary N) is 3. The Morgan fingerprint density at radius 3 is 2.53 bits per heavy atom. The van der Waals surface area contributed by atoms with Crippen molar-refractivity contribution >= 4 is 50.0 Å². The minimum atomic E-state index is -3.56. The number of fused-ring (bicyclic) bond motifs is 1. The fraction of sp³-hybridized carbons (Fsp3) is 0.333. The Hall–Kier alpha value is -3.93. The number of H-pyrrole nitrogens is 1. The molecule has 11 nitrogen and oxygen atoms in total. The van der Waals surface area contributed by atoms with Gasteiger partial charge in [0.15, 0.2) is 5.65 Å². The van der Waals surface area contributed by atoms with Gasteiger partial charge in [0.1, 0.15) is 23.0 Å². The van der Waals surface area contributed by atoms with Crippen molar-refractivity contribution in [3.05, 3.63) is 42.0 Å². The van der Waals surface area contributed by atoms with Crippen molar-refractivity contribution in [1.82, 2.24) is 24.5 Å². The second-order valence-corrected chi connectivity index (χ2v) is 11.3. The monoisotopic (exact) mass is 508 g/mol. The first-order valence-electron chi connectivity index (χ1n) is 11.5. The molecule has 0 radical (unpaired) electrons. The number of amides is 1. The van der Waals surface area contributed by atoms with Crippen molar-refractivity contribution in [1.29, 1.82) is 0 Å². The standard InChI is InChI=1S/C24H28N8O3S/c1-13-12-31(3)23(25-13)16-8-9-17(19(10-16)32(4)36(5,34)35)28-18-11-20(30-24(33)15-6-7-15)29-22-21(18)26-14(2)27-22/h8-12,15H,6-7H2,1-5H3,(H3,26,27,28,29,30,33). The molecule has 0 spiro atoms. The van der Waals surface area contributed by atoms with E-state index in [2.05, 4.69) is 30.6 Å². The number of sulfonamides is 1. The van der Waals surface area contributed by atoms with Crippen molar-refractivity contribution in [2.45, 2.75) is 26.7 Å². The van der Waals surface area contributed by atoms with Crippen molar-refractivity contribution in [3.63, 3.8) is 0 Å². The number of rotatable bonds is 7. The minimum absolute atomic E-state index is 0.0251. The van der Waals surface area contributed by atoms with Crippen LogP contribution in [0.5, 0.6) is 0 Å². The zero-order chi connectivity index (χ0) is 25.8. The number of imidazole rings is 2. The SMILES string of the molecule is Cc1cn(C)c(-c2ccc(Nc3cc(NC(=O)C4CC4)nc4nc(C)[nH]c34)c(N(C)S(C)(=O)=O)c2)n1. The maximum atomic E-state index is 12.5. The molecule has 1 saturated carbocycles. The molecule has 3 aromatic heterocycles. The predicted octanol–water partition coefficient (Wildman–Crippen LogP) is 3.46. The number of benzene rings is 1. The Bertz CT molecular complexity index is 1600. The maximum Gasteiger partial charge on any atom is 0.232 e. The van der Waals surface area contributed by atoms with Crippen LogP contribution in [0.2, 0.25) is 0 Å². The lowest BCUT2D eigenvalue weighted by Crippen LogP contribution is -2.25. The van der Waals surface area contributed by atoms with Crippen LogP contribution in [0.3, 0.4) is 0 Å². The summed E-state index contributed by atoms with van der Waals surface area (Å²) in [6.07, 6.45) is 4.82. The first-order chi connectivity index (χ1) is 17.0. The quantitative estimate of drug-likeness (QED) is 0.347. The number of carbonyl (C=O) groups excluding carboxylic acids is 1. The molecule has 0 aliphatic heterocycles. The summed E-state index contributed by atoms with van der Waals surface area (Å²) in [6, 6.07) is 7.21. The summed E-state index contributed by atoms with van der Waals surface area (Å²) in [5, 5.41) is 6.21. The number of hydrogen-bond acceptors (Lipinski definition) is 7. The van der Waals surface area contributed by atoms with Gasteiger partial charge in [0.2, 0.25) is 15.9 Å². The smallest absolute Gasteiger partial charge is 0.232 e.